The van der Waals surface area contributed by atoms with Crippen LogP contribution in [0.15, 0.2) is 71.8 Å². The third kappa shape index (κ3) is 3.38. The fraction of sp³-hybridized carbons (Fsp3) is 0.241. The van der Waals surface area contributed by atoms with E-state index in [1.165, 1.54) is 14.2 Å². The molecular weight excluding hydrogens is 486 g/mol. The normalized spacial score (nSPS) is 23.1. The van der Waals surface area contributed by atoms with Crippen LogP contribution in [0.25, 0.3) is 0 Å². The molecule has 9 nitrogen and oxygen atoms in total. The van der Waals surface area contributed by atoms with E-state index in [4.69, 9.17) is 14.2 Å². The number of imide groups is 1. The van der Waals surface area contributed by atoms with Gasteiger partial charge in [-0.05, 0) is 47.5 Å². The van der Waals surface area contributed by atoms with Crippen LogP contribution in [-0.2, 0) is 9.59 Å². The minimum atomic E-state index is -0.971. The van der Waals surface area contributed by atoms with Gasteiger partial charge in [-0.1, -0.05) is 24.3 Å². The second-order valence-corrected chi connectivity index (χ2v) is 9.34. The lowest BCUT2D eigenvalue weighted by molar-refractivity contribution is -0.124. The number of amides is 2. The van der Waals surface area contributed by atoms with Crippen molar-refractivity contribution >= 4 is 29.5 Å². The fourth-order valence-electron chi connectivity index (χ4n) is 5.80. The summed E-state index contributed by atoms with van der Waals surface area (Å²) >= 11 is 0. The summed E-state index contributed by atoms with van der Waals surface area (Å²) < 4.78 is 16.1. The summed E-state index contributed by atoms with van der Waals surface area (Å²) in [5, 5.41) is 6.24. The van der Waals surface area contributed by atoms with Crippen molar-refractivity contribution in [3.05, 3.63) is 83.4 Å². The van der Waals surface area contributed by atoms with Gasteiger partial charge in [0.1, 0.15) is 23.3 Å². The number of hydrazone groups is 1. The van der Waals surface area contributed by atoms with Crippen molar-refractivity contribution in [1.29, 1.82) is 0 Å². The number of benzene rings is 3. The van der Waals surface area contributed by atoms with E-state index in [0.29, 0.717) is 22.8 Å². The number of ether oxygens (including phenoxy) is 3. The largest absolute Gasteiger partial charge is 0.497 e. The molecular formula is C29H25N3O6. The van der Waals surface area contributed by atoms with Crippen LogP contribution in [0.3, 0.4) is 0 Å². The molecule has 0 aliphatic carbocycles. The average Bonchev–Trinajstić information content (AvgIpc) is 3.44. The van der Waals surface area contributed by atoms with Crippen molar-refractivity contribution in [2.24, 2.45) is 16.9 Å². The van der Waals surface area contributed by atoms with Crippen molar-refractivity contribution in [2.45, 2.75) is 12.1 Å². The second-order valence-electron chi connectivity index (χ2n) is 9.34. The molecule has 3 aliphatic heterocycles. The minimum Gasteiger partial charge on any atom is -0.497 e. The monoisotopic (exact) mass is 511 g/mol. The summed E-state index contributed by atoms with van der Waals surface area (Å²) in [6.45, 7) is 0. The summed E-state index contributed by atoms with van der Waals surface area (Å²) in [6, 6.07) is 17.7. The van der Waals surface area contributed by atoms with Crippen LogP contribution in [0.5, 0.6) is 17.2 Å². The number of nitrogens with zero attached hydrogens (tertiary/aromatic N) is 3. The second kappa shape index (κ2) is 9.02. The maximum absolute atomic E-state index is 14.1. The molecule has 3 aromatic carbocycles. The number of ketones is 1. The first-order chi connectivity index (χ1) is 18.5. The predicted octanol–water partition coefficient (Wildman–Crippen LogP) is 3.47. The average molecular weight is 512 g/mol. The molecule has 3 aromatic rings. The molecule has 3 aliphatic rings. The van der Waals surface area contributed by atoms with Gasteiger partial charge in [-0.15, -0.1) is 0 Å². The van der Waals surface area contributed by atoms with Crippen LogP contribution in [0.2, 0.25) is 0 Å². The Labute approximate surface area is 219 Å². The number of Topliss-reactive ketones (excluding diaryl/α,β-unsaturated/α-hetero) is 1. The summed E-state index contributed by atoms with van der Waals surface area (Å²) in [5.74, 6) is -1.49. The van der Waals surface area contributed by atoms with E-state index in [1.54, 1.807) is 60.8 Å². The van der Waals surface area contributed by atoms with E-state index in [-0.39, 0.29) is 11.5 Å². The van der Waals surface area contributed by atoms with Gasteiger partial charge in [-0.2, -0.15) is 5.10 Å². The maximum Gasteiger partial charge on any atom is 0.240 e. The zero-order valence-electron chi connectivity index (χ0n) is 21.0. The molecule has 0 bridgehead atoms. The first-order valence-corrected chi connectivity index (χ1v) is 12.2. The molecule has 0 saturated carbocycles. The zero-order chi connectivity index (χ0) is 26.6. The van der Waals surface area contributed by atoms with Gasteiger partial charge >= 0.3 is 0 Å². The highest BCUT2D eigenvalue weighted by atomic mass is 16.5. The molecule has 2 saturated heterocycles. The smallest absolute Gasteiger partial charge is 0.240 e. The molecule has 0 spiro atoms. The molecule has 2 fully saturated rings. The molecule has 192 valence electrons. The standard InChI is InChI=1S/C29H25N3O6/c1-36-18-10-8-16(9-11-18)27(33)26-24-23(25-20-7-5-4-6-17(20)15-30-32(25)26)28(34)31(29(24)35)21-14-19(37-2)12-13-22(21)38-3/h4-15,23-26H,1-3H3. The fourth-order valence-corrected chi connectivity index (χ4v) is 5.80. The van der Waals surface area contributed by atoms with Crippen LogP contribution >= 0.6 is 0 Å². The van der Waals surface area contributed by atoms with E-state index in [2.05, 4.69) is 5.10 Å². The Hall–Kier alpha value is -4.66. The van der Waals surface area contributed by atoms with Gasteiger partial charge < -0.3 is 14.2 Å². The lowest BCUT2D eigenvalue weighted by Gasteiger charge is -2.34. The molecule has 0 aromatic heterocycles. The number of hydrogen-bond acceptors (Lipinski definition) is 8. The summed E-state index contributed by atoms with van der Waals surface area (Å²) in [7, 11) is 4.53. The van der Waals surface area contributed by atoms with Crippen LogP contribution in [0.4, 0.5) is 5.69 Å². The minimum absolute atomic E-state index is 0.283. The topological polar surface area (TPSA) is 97.7 Å². The van der Waals surface area contributed by atoms with Crippen molar-refractivity contribution in [3.8, 4) is 17.2 Å². The number of anilines is 1. The maximum atomic E-state index is 14.1. The third-order valence-corrected chi connectivity index (χ3v) is 7.56. The van der Waals surface area contributed by atoms with Gasteiger partial charge in [0.05, 0.1) is 51.1 Å². The molecule has 4 atom stereocenters. The Morgan fingerprint density at radius 2 is 1.50 bits per heavy atom. The third-order valence-electron chi connectivity index (χ3n) is 7.56. The van der Waals surface area contributed by atoms with Gasteiger partial charge in [0.2, 0.25) is 11.8 Å². The Morgan fingerprint density at radius 1 is 0.816 bits per heavy atom. The number of carbonyl (C=O) groups excluding carboxylic acids is 3. The molecule has 4 unspecified atom stereocenters. The SMILES string of the molecule is COc1ccc(C(=O)C2C3C(=O)N(c4cc(OC)ccc4OC)C(=O)C3C3c4ccccc4C=NN23)cc1. The molecule has 3 heterocycles. The van der Waals surface area contributed by atoms with E-state index < -0.39 is 35.7 Å². The Morgan fingerprint density at radius 3 is 2.21 bits per heavy atom. The molecule has 2 amide bonds. The van der Waals surface area contributed by atoms with E-state index >= 15 is 0 Å². The first-order valence-electron chi connectivity index (χ1n) is 12.2. The van der Waals surface area contributed by atoms with Gasteiger partial charge in [0, 0.05) is 11.6 Å². The van der Waals surface area contributed by atoms with E-state index in [0.717, 1.165) is 16.0 Å². The van der Waals surface area contributed by atoms with Crippen molar-refractivity contribution in [2.75, 3.05) is 26.2 Å². The number of hydrogen-bond donors (Lipinski definition) is 0. The van der Waals surface area contributed by atoms with Crippen molar-refractivity contribution in [1.82, 2.24) is 5.01 Å². The zero-order valence-corrected chi connectivity index (χ0v) is 21.0. The highest BCUT2D eigenvalue weighted by Crippen LogP contribution is 2.54. The van der Waals surface area contributed by atoms with Gasteiger partial charge in [-0.3, -0.25) is 19.4 Å². The van der Waals surface area contributed by atoms with E-state index in [1.807, 2.05) is 24.3 Å². The highest BCUT2D eigenvalue weighted by molar-refractivity contribution is 6.25. The van der Waals surface area contributed by atoms with Crippen LogP contribution < -0.4 is 19.1 Å². The van der Waals surface area contributed by atoms with Gasteiger partial charge in [0.25, 0.3) is 0 Å². The molecule has 6 rings (SSSR count). The van der Waals surface area contributed by atoms with Crippen molar-refractivity contribution in [3.63, 3.8) is 0 Å². The summed E-state index contributed by atoms with van der Waals surface area (Å²) in [6.07, 6.45) is 1.68. The number of fused-ring (bicyclic) bond motifs is 5. The van der Waals surface area contributed by atoms with Gasteiger partial charge in [-0.25, -0.2) is 4.90 Å². The Kier molecular flexibility index (Phi) is 5.63. The first kappa shape index (κ1) is 23.7. The van der Waals surface area contributed by atoms with Crippen LogP contribution in [0.1, 0.15) is 27.5 Å². The quantitative estimate of drug-likeness (QED) is 0.369. The lowest BCUT2D eigenvalue weighted by atomic mass is 9.83. The Balaban J connectivity index is 1.49. The van der Waals surface area contributed by atoms with Gasteiger partial charge in [0.15, 0.2) is 5.78 Å². The number of methoxy groups -OCH3 is 3. The number of carbonyl (C=O) groups is 3. The molecule has 38 heavy (non-hydrogen) atoms. The summed E-state index contributed by atoms with van der Waals surface area (Å²) in [4.78, 5) is 43.4. The Bertz CT molecular complexity index is 1480. The van der Waals surface area contributed by atoms with Crippen LogP contribution in [-0.4, -0.2) is 56.2 Å². The lowest BCUT2D eigenvalue weighted by Crippen LogP contribution is -2.44. The molecule has 9 heteroatoms. The molecule has 0 radical (unpaired) electrons. The van der Waals surface area contributed by atoms with Crippen LogP contribution in [0, 0.1) is 11.8 Å². The van der Waals surface area contributed by atoms with E-state index in [9.17, 15) is 14.4 Å². The highest BCUT2D eigenvalue weighted by Gasteiger charge is 2.65. The van der Waals surface area contributed by atoms with Crippen molar-refractivity contribution < 1.29 is 28.6 Å². The predicted molar refractivity (Wildman–Crippen MR) is 139 cm³/mol. The summed E-state index contributed by atoms with van der Waals surface area (Å²) in [5.41, 5.74) is 2.39. The molecule has 0 N–H and O–H groups in total. The number of rotatable bonds is 6.